The second-order valence-electron chi connectivity index (χ2n) is 6.87. The van der Waals surface area contributed by atoms with Crippen molar-refractivity contribution in [2.75, 3.05) is 0 Å². The molecule has 154 valence electrons. The molecule has 30 heavy (non-hydrogen) atoms. The highest BCUT2D eigenvalue weighted by Gasteiger charge is 2.14. The van der Waals surface area contributed by atoms with Crippen molar-refractivity contribution >= 4 is 45.7 Å². The predicted molar refractivity (Wildman–Crippen MR) is 125 cm³/mol. The lowest BCUT2D eigenvalue weighted by Crippen LogP contribution is -2.07. The average Bonchev–Trinajstić information content (AvgIpc) is 3.14. The molecule has 0 bridgehead atoms. The fraction of sp³-hybridized carbons (Fsp3) is 0.217. The second-order valence-corrected chi connectivity index (χ2v) is 8.65. The summed E-state index contributed by atoms with van der Waals surface area (Å²) in [5.74, 6) is 2.36. The minimum Gasteiger partial charge on any atom is -0.485 e. The van der Waals surface area contributed by atoms with Crippen LogP contribution in [0.5, 0.6) is 5.75 Å². The molecule has 0 atom stereocenters. The van der Waals surface area contributed by atoms with Crippen molar-refractivity contribution in [3.8, 4) is 5.75 Å². The van der Waals surface area contributed by atoms with Crippen molar-refractivity contribution in [2.45, 2.75) is 37.9 Å². The van der Waals surface area contributed by atoms with Crippen molar-refractivity contribution in [1.29, 1.82) is 0 Å². The molecule has 0 radical (unpaired) electrons. The molecule has 3 aromatic carbocycles. The fourth-order valence-corrected chi connectivity index (χ4v) is 4.92. The van der Waals surface area contributed by atoms with Gasteiger partial charge in [-0.1, -0.05) is 71.4 Å². The summed E-state index contributed by atoms with van der Waals surface area (Å²) in [6.45, 7) is 5.29. The molecule has 4 aromatic rings. The lowest BCUT2D eigenvalue weighted by Gasteiger charge is -2.12. The van der Waals surface area contributed by atoms with Crippen LogP contribution in [0, 0.1) is 6.92 Å². The molecule has 0 saturated carbocycles. The van der Waals surface area contributed by atoms with Crippen molar-refractivity contribution in [3.63, 3.8) is 0 Å². The summed E-state index contributed by atoms with van der Waals surface area (Å²) in [6, 6.07) is 18.0. The maximum atomic E-state index is 6.29. The lowest BCUT2D eigenvalue weighted by molar-refractivity contribution is 0.287. The van der Waals surface area contributed by atoms with Gasteiger partial charge in [-0.3, -0.25) is 0 Å². The molecular formula is C23H21Cl2N3OS. The molecule has 1 aromatic heterocycles. The van der Waals surface area contributed by atoms with E-state index in [9.17, 15) is 0 Å². The van der Waals surface area contributed by atoms with Gasteiger partial charge in [0.2, 0.25) is 0 Å². The number of rotatable bonds is 7. The van der Waals surface area contributed by atoms with Crippen LogP contribution in [-0.2, 0) is 18.9 Å². The lowest BCUT2D eigenvalue weighted by atomic mass is 10.0. The SMILES string of the molecule is CCn1c(COc2ccc3ccccc3c2C)nnc1SCc1ccc(Cl)cc1Cl. The normalized spacial score (nSPS) is 11.2. The average molecular weight is 458 g/mol. The Bertz CT molecular complexity index is 1190. The van der Waals surface area contributed by atoms with Gasteiger partial charge in [-0.2, -0.15) is 0 Å². The van der Waals surface area contributed by atoms with E-state index in [-0.39, 0.29) is 0 Å². The Balaban J connectivity index is 1.48. The number of halogens is 2. The topological polar surface area (TPSA) is 39.9 Å². The second kappa shape index (κ2) is 9.29. The van der Waals surface area contributed by atoms with Crippen molar-refractivity contribution in [2.24, 2.45) is 0 Å². The molecule has 0 N–H and O–H groups in total. The molecule has 4 rings (SSSR count). The van der Waals surface area contributed by atoms with Crippen LogP contribution >= 0.6 is 35.0 Å². The van der Waals surface area contributed by atoms with Crippen molar-refractivity contribution in [1.82, 2.24) is 14.8 Å². The maximum absolute atomic E-state index is 6.29. The summed E-state index contributed by atoms with van der Waals surface area (Å²) in [4.78, 5) is 0. The van der Waals surface area contributed by atoms with Crippen LogP contribution in [0.1, 0.15) is 23.9 Å². The van der Waals surface area contributed by atoms with E-state index in [4.69, 9.17) is 27.9 Å². The number of hydrogen-bond donors (Lipinski definition) is 0. The number of benzene rings is 3. The van der Waals surface area contributed by atoms with Gasteiger partial charge in [0.25, 0.3) is 0 Å². The summed E-state index contributed by atoms with van der Waals surface area (Å²) < 4.78 is 8.19. The quantitative estimate of drug-likeness (QED) is 0.281. The summed E-state index contributed by atoms with van der Waals surface area (Å²) in [6.07, 6.45) is 0. The standard InChI is InChI=1S/C23H21Cl2N3OS/c1-3-28-22(13-29-21-11-9-16-6-4-5-7-19(16)15(21)2)26-27-23(28)30-14-17-8-10-18(24)12-20(17)25/h4-12H,3,13-14H2,1-2H3. The first-order valence-corrected chi connectivity index (χ1v) is 11.4. The first kappa shape index (κ1) is 21.0. The van der Waals surface area contributed by atoms with Crippen LogP contribution < -0.4 is 4.74 Å². The molecule has 1 heterocycles. The maximum Gasteiger partial charge on any atom is 0.191 e. The molecule has 0 saturated heterocycles. The number of aromatic nitrogens is 3. The van der Waals surface area contributed by atoms with Gasteiger partial charge >= 0.3 is 0 Å². The molecule has 0 unspecified atom stereocenters. The molecule has 0 fully saturated rings. The number of hydrogen-bond acceptors (Lipinski definition) is 4. The van der Waals surface area contributed by atoms with E-state index in [1.54, 1.807) is 17.8 Å². The van der Waals surface area contributed by atoms with Gasteiger partial charge in [-0.25, -0.2) is 0 Å². The van der Waals surface area contributed by atoms with Crippen LogP contribution in [0.15, 0.2) is 59.8 Å². The molecular weight excluding hydrogens is 437 g/mol. The van der Waals surface area contributed by atoms with Crippen LogP contribution in [0.25, 0.3) is 10.8 Å². The largest absolute Gasteiger partial charge is 0.485 e. The molecule has 4 nitrogen and oxygen atoms in total. The van der Waals surface area contributed by atoms with E-state index < -0.39 is 0 Å². The molecule has 0 aliphatic carbocycles. The Morgan fingerprint density at radius 2 is 1.87 bits per heavy atom. The number of aryl methyl sites for hydroxylation is 1. The Hall–Kier alpha value is -2.21. The highest BCUT2D eigenvalue weighted by Crippen LogP contribution is 2.30. The zero-order chi connectivity index (χ0) is 21.1. The molecule has 0 amide bonds. The molecule has 0 spiro atoms. The summed E-state index contributed by atoms with van der Waals surface area (Å²) in [7, 11) is 0. The monoisotopic (exact) mass is 457 g/mol. The fourth-order valence-electron chi connectivity index (χ4n) is 3.34. The molecule has 0 aliphatic rings. The summed E-state index contributed by atoms with van der Waals surface area (Å²) in [5.41, 5.74) is 2.14. The third-order valence-corrected chi connectivity index (χ3v) is 6.59. The van der Waals surface area contributed by atoms with Crippen LogP contribution in [0.4, 0.5) is 0 Å². The van der Waals surface area contributed by atoms with Crippen LogP contribution in [0.3, 0.4) is 0 Å². The van der Waals surface area contributed by atoms with E-state index in [1.807, 2.05) is 30.3 Å². The summed E-state index contributed by atoms with van der Waals surface area (Å²) >= 11 is 13.9. The van der Waals surface area contributed by atoms with Crippen molar-refractivity contribution < 1.29 is 4.74 Å². The van der Waals surface area contributed by atoms with Gasteiger partial charge < -0.3 is 9.30 Å². The first-order chi connectivity index (χ1) is 14.6. The molecule has 0 aliphatic heterocycles. The van der Waals surface area contributed by atoms with Crippen molar-refractivity contribution in [3.05, 3.63) is 81.6 Å². The predicted octanol–water partition coefficient (Wildman–Crippen LogP) is 6.94. The van der Waals surface area contributed by atoms with Gasteiger partial charge in [0.1, 0.15) is 12.4 Å². The van der Waals surface area contributed by atoms with Gasteiger partial charge in [-0.05, 0) is 53.9 Å². The highest BCUT2D eigenvalue weighted by atomic mass is 35.5. The highest BCUT2D eigenvalue weighted by molar-refractivity contribution is 7.98. The zero-order valence-electron chi connectivity index (χ0n) is 16.7. The van der Waals surface area contributed by atoms with E-state index in [1.165, 1.54) is 10.8 Å². The van der Waals surface area contributed by atoms with Gasteiger partial charge in [-0.15, -0.1) is 10.2 Å². The number of nitrogens with zero attached hydrogens (tertiary/aromatic N) is 3. The van der Waals surface area contributed by atoms with Gasteiger partial charge in [0, 0.05) is 22.3 Å². The summed E-state index contributed by atoms with van der Waals surface area (Å²) in [5, 5.41) is 13.3. The van der Waals surface area contributed by atoms with Crippen LogP contribution in [-0.4, -0.2) is 14.8 Å². The minimum atomic E-state index is 0.363. The number of thioether (sulfide) groups is 1. The Morgan fingerprint density at radius 3 is 2.67 bits per heavy atom. The third kappa shape index (κ3) is 4.43. The van der Waals surface area contributed by atoms with Gasteiger partial charge in [0.05, 0.1) is 0 Å². The number of ether oxygens (including phenoxy) is 1. The minimum absolute atomic E-state index is 0.363. The smallest absolute Gasteiger partial charge is 0.191 e. The Labute approximate surface area is 190 Å². The third-order valence-electron chi connectivity index (χ3n) is 4.99. The van der Waals surface area contributed by atoms with Crippen LogP contribution in [0.2, 0.25) is 10.0 Å². The zero-order valence-corrected chi connectivity index (χ0v) is 19.1. The Kier molecular flexibility index (Phi) is 6.52. The van der Waals surface area contributed by atoms with E-state index in [0.29, 0.717) is 22.4 Å². The number of fused-ring (bicyclic) bond motifs is 1. The van der Waals surface area contributed by atoms with E-state index in [2.05, 4.69) is 46.8 Å². The Morgan fingerprint density at radius 1 is 1.03 bits per heavy atom. The first-order valence-electron chi connectivity index (χ1n) is 9.66. The van der Waals surface area contributed by atoms with E-state index in [0.717, 1.165) is 34.4 Å². The molecule has 7 heteroatoms. The van der Waals surface area contributed by atoms with Gasteiger partial charge in [0.15, 0.2) is 11.0 Å². The van der Waals surface area contributed by atoms with E-state index >= 15 is 0 Å².